The number of rotatable bonds is 7. The van der Waals surface area contributed by atoms with Crippen LogP contribution in [0.5, 0.6) is 0 Å². The monoisotopic (exact) mass is 583 g/mol. The van der Waals surface area contributed by atoms with E-state index < -0.39 is 20.0 Å². The minimum atomic E-state index is -3.52. The predicted molar refractivity (Wildman–Crippen MR) is 139 cm³/mol. The first-order valence-corrected chi connectivity index (χ1v) is 15.6. The molecule has 11 heteroatoms. The molecule has 2 aromatic carbocycles. The number of nitrogens with zero attached hydrogens (tertiary/aromatic N) is 2. The fraction of sp³-hybridized carbons (Fsp3) is 0.458. The third-order valence-electron chi connectivity index (χ3n) is 6.56. The molecule has 4 rings (SSSR count). The Labute approximate surface area is 215 Å². The number of carbonyl (C=O) groups excluding carboxylic acids is 1. The van der Waals surface area contributed by atoms with Crippen molar-refractivity contribution in [2.45, 2.75) is 42.8 Å². The van der Waals surface area contributed by atoms with Gasteiger partial charge in [0.1, 0.15) is 0 Å². The van der Waals surface area contributed by atoms with Gasteiger partial charge in [-0.3, -0.25) is 4.79 Å². The Bertz CT molecular complexity index is 1240. The Kier molecular flexibility index (Phi) is 8.32. The third kappa shape index (κ3) is 6.51. The molecule has 1 N–H and O–H groups in total. The summed E-state index contributed by atoms with van der Waals surface area (Å²) in [6.45, 7) is 1.67. The third-order valence-corrected chi connectivity index (χ3v) is 10.8. The fourth-order valence-electron chi connectivity index (χ4n) is 4.49. The number of anilines is 1. The highest BCUT2D eigenvalue weighted by molar-refractivity contribution is 9.10. The molecule has 0 saturated carbocycles. The van der Waals surface area contributed by atoms with E-state index in [0.717, 1.165) is 29.3 Å². The Balaban J connectivity index is 1.30. The Morgan fingerprint density at radius 1 is 0.829 bits per heavy atom. The van der Waals surface area contributed by atoms with Crippen LogP contribution in [-0.2, 0) is 30.6 Å². The molecule has 2 heterocycles. The van der Waals surface area contributed by atoms with Gasteiger partial charge in [0.25, 0.3) is 0 Å². The Hall–Kier alpha value is -1.79. The molecule has 2 fully saturated rings. The Morgan fingerprint density at radius 2 is 1.43 bits per heavy atom. The van der Waals surface area contributed by atoms with Crippen molar-refractivity contribution < 1.29 is 21.6 Å². The first kappa shape index (κ1) is 26.3. The highest BCUT2D eigenvalue weighted by Gasteiger charge is 2.31. The van der Waals surface area contributed by atoms with Crippen LogP contribution in [0.25, 0.3) is 0 Å². The number of piperidine rings is 2. The van der Waals surface area contributed by atoms with E-state index >= 15 is 0 Å². The van der Waals surface area contributed by atoms with Crippen molar-refractivity contribution in [2.24, 2.45) is 5.92 Å². The van der Waals surface area contributed by atoms with Crippen LogP contribution in [0.4, 0.5) is 5.69 Å². The van der Waals surface area contributed by atoms with E-state index in [1.54, 1.807) is 24.3 Å². The van der Waals surface area contributed by atoms with Crippen LogP contribution in [0.1, 0.15) is 37.7 Å². The second-order valence-corrected chi connectivity index (χ2v) is 13.9. The lowest BCUT2D eigenvalue weighted by atomic mass is 9.97. The normalized spacial score (nSPS) is 18.9. The number of halogens is 1. The molecule has 2 aliphatic rings. The van der Waals surface area contributed by atoms with Crippen LogP contribution in [0.3, 0.4) is 0 Å². The van der Waals surface area contributed by atoms with Crippen LogP contribution < -0.4 is 5.32 Å². The molecule has 0 unspecified atom stereocenters. The summed E-state index contributed by atoms with van der Waals surface area (Å²) in [4.78, 5) is 13.0. The molecule has 35 heavy (non-hydrogen) atoms. The lowest BCUT2D eigenvalue weighted by Gasteiger charge is -2.30. The van der Waals surface area contributed by atoms with Gasteiger partial charge in [-0.1, -0.05) is 34.5 Å². The summed E-state index contributed by atoms with van der Waals surface area (Å²) < 4.78 is 55.0. The maximum Gasteiger partial charge on any atom is 0.243 e. The molecular formula is C24H30BrN3O5S2. The van der Waals surface area contributed by atoms with Gasteiger partial charge >= 0.3 is 0 Å². The van der Waals surface area contributed by atoms with Crippen molar-refractivity contribution in [2.75, 3.05) is 31.5 Å². The zero-order valence-corrected chi connectivity index (χ0v) is 22.6. The summed E-state index contributed by atoms with van der Waals surface area (Å²) in [6, 6.07) is 13.5. The van der Waals surface area contributed by atoms with E-state index in [-0.39, 0.29) is 22.5 Å². The van der Waals surface area contributed by atoms with Crippen LogP contribution in [0.2, 0.25) is 0 Å². The van der Waals surface area contributed by atoms with Gasteiger partial charge in [0.05, 0.1) is 10.6 Å². The average Bonchev–Trinajstić information content (AvgIpc) is 2.86. The molecule has 0 spiro atoms. The SMILES string of the molecule is O=C(Nc1ccc(S(=O)(=O)N2CCCCC2)cc1)C1CCN(S(=O)(=O)Cc2ccc(Br)cc2)CC1. The molecule has 2 aliphatic heterocycles. The topological polar surface area (TPSA) is 104 Å². The quantitative estimate of drug-likeness (QED) is 0.534. The molecule has 0 bridgehead atoms. The van der Waals surface area contributed by atoms with Gasteiger partial charge in [0.15, 0.2) is 0 Å². The minimum absolute atomic E-state index is 0.0656. The van der Waals surface area contributed by atoms with Gasteiger partial charge in [-0.2, -0.15) is 4.31 Å². The highest BCUT2D eigenvalue weighted by atomic mass is 79.9. The predicted octanol–water partition coefficient (Wildman–Crippen LogP) is 3.80. The fourth-order valence-corrected chi connectivity index (χ4v) is 7.83. The van der Waals surface area contributed by atoms with Crippen molar-refractivity contribution in [1.82, 2.24) is 8.61 Å². The summed E-state index contributed by atoms with van der Waals surface area (Å²) in [5, 5.41) is 2.85. The molecule has 0 radical (unpaired) electrons. The van der Waals surface area contributed by atoms with E-state index in [1.165, 1.54) is 20.7 Å². The molecule has 190 valence electrons. The zero-order chi connectivity index (χ0) is 25.1. The zero-order valence-electron chi connectivity index (χ0n) is 19.4. The van der Waals surface area contributed by atoms with E-state index in [1.807, 2.05) is 12.1 Å². The van der Waals surface area contributed by atoms with Crippen molar-refractivity contribution in [3.63, 3.8) is 0 Å². The first-order chi connectivity index (χ1) is 16.6. The number of carbonyl (C=O) groups is 1. The van der Waals surface area contributed by atoms with Crippen molar-refractivity contribution >= 4 is 47.6 Å². The lowest BCUT2D eigenvalue weighted by Crippen LogP contribution is -2.41. The molecule has 2 saturated heterocycles. The average molecular weight is 585 g/mol. The molecule has 8 nitrogen and oxygen atoms in total. The lowest BCUT2D eigenvalue weighted by molar-refractivity contribution is -0.120. The van der Waals surface area contributed by atoms with E-state index in [2.05, 4.69) is 21.2 Å². The maximum atomic E-state index is 12.8. The second kappa shape index (κ2) is 11.1. The van der Waals surface area contributed by atoms with Crippen molar-refractivity contribution in [3.8, 4) is 0 Å². The summed E-state index contributed by atoms with van der Waals surface area (Å²) in [7, 11) is -6.98. The van der Waals surface area contributed by atoms with Crippen LogP contribution >= 0.6 is 15.9 Å². The van der Waals surface area contributed by atoms with Crippen molar-refractivity contribution in [3.05, 3.63) is 58.6 Å². The van der Waals surface area contributed by atoms with Gasteiger partial charge in [-0.05, 0) is 67.6 Å². The van der Waals surface area contributed by atoms with E-state index in [0.29, 0.717) is 44.7 Å². The standard InChI is InChI=1S/C24H30BrN3O5S2/c25-21-6-4-19(5-7-21)18-34(30,31)27-16-12-20(13-17-27)24(29)26-22-8-10-23(11-9-22)35(32,33)28-14-2-1-3-15-28/h4-11,20H,1-3,12-18H2,(H,26,29). The summed E-state index contributed by atoms with van der Waals surface area (Å²) in [6.07, 6.45) is 3.67. The highest BCUT2D eigenvalue weighted by Crippen LogP contribution is 2.25. The number of nitrogens with one attached hydrogen (secondary N) is 1. The minimum Gasteiger partial charge on any atom is -0.326 e. The first-order valence-electron chi connectivity index (χ1n) is 11.8. The van der Waals surface area contributed by atoms with Crippen LogP contribution in [-0.4, -0.2) is 57.5 Å². The van der Waals surface area contributed by atoms with Gasteiger partial charge in [0, 0.05) is 42.3 Å². The van der Waals surface area contributed by atoms with Gasteiger partial charge in [-0.25, -0.2) is 21.1 Å². The summed E-state index contributed by atoms with van der Waals surface area (Å²) in [5.74, 6) is -0.545. The number of sulfonamides is 2. The number of benzene rings is 2. The molecule has 2 aromatic rings. The van der Waals surface area contributed by atoms with Crippen molar-refractivity contribution in [1.29, 1.82) is 0 Å². The Morgan fingerprint density at radius 3 is 2.03 bits per heavy atom. The maximum absolute atomic E-state index is 12.8. The van der Waals surface area contributed by atoms with Gasteiger partial charge < -0.3 is 5.32 Å². The molecular weight excluding hydrogens is 554 g/mol. The molecule has 0 aromatic heterocycles. The number of hydrogen-bond acceptors (Lipinski definition) is 5. The van der Waals surface area contributed by atoms with E-state index in [4.69, 9.17) is 0 Å². The molecule has 0 atom stereocenters. The van der Waals surface area contributed by atoms with Gasteiger partial charge in [-0.15, -0.1) is 0 Å². The summed E-state index contributed by atoms with van der Waals surface area (Å²) >= 11 is 3.35. The van der Waals surface area contributed by atoms with Crippen LogP contribution in [0, 0.1) is 5.92 Å². The molecule has 0 aliphatic carbocycles. The molecule has 1 amide bonds. The number of hydrogen-bond donors (Lipinski definition) is 1. The summed E-state index contributed by atoms with van der Waals surface area (Å²) in [5.41, 5.74) is 1.25. The number of amides is 1. The van der Waals surface area contributed by atoms with E-state index in [9.17, 15) is 21.6 Å². The second-order valence-electron chi connectivity index (χ2n) is 9.03. The van der Waals surface area contributed by atoms with Crippen LogP contribution in [0.15, 0.2) is 57.9 Å². The smallest absolute Gasteiger partial charge is 0.243 e. The largest absolute Gasteiger partial charge is 0.326 e. The van der Waals surface area contributed by atoms with Gasteiger partial charge in [0.2, 0.25) is 26.0 Å².